The van der Waals surface area contributed by atoms with Crippen LogP contribution in [0, 0.1) is 0 Å². The van der Waals surface area contributed by atoms with Crippen LogP contribution in [0.4, 0.5) is 5.69 Å². The zero-order valence-electron chi connectivity index (χ0n) is 15.3. The van der Waals surface area contributed by atoms with Crippen LogP contribution in [0.2, 0.25) is 0 Å². The lowest BCUT2D eigenvalue weighted by Gasteiger charge is -2.37. The lowest BCUT2D eigenvalue weighted by molar-refractivity contribution is -0.133. The number of benzene rings is 1. The van der Waals surface area contributed by atoms with E-state index in [9.17, 15) is 13.2 Å². The minimum atomic E-state index is -3.60. The molecular formula is C17H27N3O4S. The van der Waals surface area contributed by atoms with E-state index in [1.165, 1.54) is 4.31 Å². The number of hydrogen-bond donors (Lipinski definition) is 0. The highest BCUT2D eigenvalue weighted by molar-refractivity contribution is 7.92. The zero-order chi connectivity index (χ0) is 18.6. The average molecular weight is 369 g/mol. The van der Waals surface area contributed by atoms with Gasteiger partial charge in [-0.3, -0.25) is 9.10 Å². The lowest BCUT2D eigenvalue weighted by atomic mass is 10.2. The molecule has 8 heteroatoms. The maximum Gasteiger partial charge on any atom is 0.246 e. The topological polar surface area (TPSA) is 70.2 Å². The fourth-order valence-electron chi connectivity index (χ4n) is 3.08. The Morgan fingerprint density at radius 3 is 2.20 bits per heavy atom. The molecule has 1 aromatic carbocycles. The van der Waals surface area contributed by atoms with Crippen molar-refractivity contribution in [1.29, 1.82) is 0 Å². The molecule has 0 aromatic heterocycles. The molecule has 1 saturated heterocycles. The third kappa shape index (κ3) is 4.64. The van der Waals surface area contributed by atoms with E-state index in [0.29, 0.717) is 24.5 Å². The third-order valence-electron chi connectivity index (χ3n) is 4.52. The number of anilines is 1. The normalized spacial score (nSPS) is 17.2. The Hall–Kier alpha value is -1.80. The summed E-state index contributed by atoms with van der Waals surface area (Å²) < 4.78 is 31.0. The summed E-state index contributed by atoms with van der Waals surface area (Å²) in [5, 5.41) is 0. The first-order chi connectivity index (χ1) is 11.8. The molecule has 1 aromatic rings. The van der Waals surface area contributed by atoms with Gasteiger partial charge in [-0.15, -0.1) is 0 Å². The summed E-state index contributed by atoms with van der Waals surface area (Å²) in [6.07, 6.45) is 1.12. The van der Waals surface area contributed by atoms with Gasteiger partial charge in [0.25, 0.3) is 0 Å². The Morgan fingerprint density at radius 1 is 1.20 bits per heavy atom. The minimum Gasteiger partial charge on any atom is -0.497 e. The second-order valence-corrected chi connectivity index (χ2v) is 8.05. The first-order valence-corrected chi connectivity index (χ1v) is 10.3. The SMILES string of the molecule is CCN1CCN(C(=O)C(C)N(c2ccc(OC)cc2)S(C)(=O)=O)CC1. The number of hydrogen-bond acceptors (Lipinski definition) is 5. The van der Waals surface area contributed by atoms with Crippen molar-refractivity contribution in [2.75, 3.05) is 50.4 Å². The second-order valence-electron chi connectivity index (χ2n) is 6.19. The van der Waals surface area contributed by atoms with Crippen LogP contribution in [0.1, 0.15) is 13.8 Å². The molecule has 0 spiro atoms. The van der Waals surface area contributed by atoms with Crippen molar-refractivity contribution in [3.8, 4) is 5.75 Å². The predicted octanol–water partition coefficient (Wildman–Crippen LogP) is 1.01. The quantitative estimate of drug-likeness (QED) is 0.749. The van der Waals surface area contributed by atoms with Crippen molar-refractivity contribution >= 4 is 21.6 Å². The van der Waals surface area contributed by atoms with Crippen molar-refractivity contribution in [1.82, 2.24) is 9.80 Å². The highest BCUT2D eigenvalue weighted by Gasteiger charge is 2.33. The van der Waals surface area contributed by atoms with Crippen LogP contribution in [0.15, 0.2) is 24.3 Å². The molecule has 0 aliphatic carbocycles. The van der Waals surface area contributed by atoms with Gasteiger partial charge in [0.2, 0.25) is 15.9 Å². The Balaban J connectivity index is 2.21. The number of sulfonamides is 1. The molecule has 1 amide bonds. The number of nitrogens with zero attached hydrogens (tertiary/aromatic N) is 3. The van der Waals surface area contributed by atoms with Crippen molar-refractivity contribution in [2.24, 2.45) is 0 Å². The summed E-state index contributed by atoms with van der Waals surface area (Å²) in [5.74, 6) is 0.462. The Labute approximate surface area is 150 Å². The van der Waals surface area contributed by atoms with Gasteiger partial charge in [-0.1, -0.05) is 6.92 Å². The molecule has 1 aliphatic rings. The Morgan fingerprint density at radius 2 is 1.76 bits per heavy atom. The molecule has 1 unspecified atom stereocenters. The second kappa shape index (κ2) is 8.05. The molecule has 1 aliphatic heterocycles. The van der Waals surface area contributed by atoms with Crippen LogP contribution < -0.4 is 9.04 Å². The highest BCUT2D eigenvalue weighted by atomic mass is 32.2. The van der Waals surface area contributed by atoms with E-state index in [1.54, 1.807) is 43.2 Å². The fourth-order valence-corrected chi connectivity index (χ4v) is 4.25. The van der Waals surface area contributed by atoms with Crippen LogP contribution >= 0.6 is 0 Å². The maximum absolute atomic E-state index is 12.9. The van der Waals surface area contributed by atoms with Gasteiger partial charge in [-0.2, -0.15) is 0 Å². The highest BCUT2D eigenvalue weighted by Crippen LogP contribution is 2.24. The van der Waals surface area contributed by atoms with Crippen LogP contribution in [0.5, 0.6) is 5.75 Å². The average Bonchev–Trinajstić information content (AvgIpc) is 2.60. The van der Waals surface area contributed by atoms with E-state index in [0.717, 1.165) is 25.9 Å². The number of likely N-dealkylation sites (N-methyl/N-ethyl adjacent to an activating group) is 1. The number of amides is 1. The molecule has 1 heterocycles. The molecule has 0 bridgehead atoms. The molecule has 0 saturated carbocycles. The third-order valence-corrected chi connectivity index (χ3v) is 5.77. The van der Waals surface area contributed by atoms with Gasteiger partial charge in [0.15, 0.2) is 0 Å². The molecular weight excluding hydrogens is 342 g/mol. The fraction of sp³-hybridized carbons (Fsp3) is 0.588. The van der Waals surface area contributed by atoms with Gasteiger partial charge >= 0.3 is 0 Å². The van der Waals surface area contributed by atoms with Crippen LogP contribution in [-0.4, -0.2) is 76.3 Å². The predicted molar refractivity (Wildman–Crippen MR) is 98.5 cm³/mol. The number of methoxy groups -OCH3 is 1. The van der Waals surface area contributed by atoms with Crippen LogP contribution in [0.3, 0.4) is 0 Å². The summed E-state index contributed by atoms with van der Waals surface area (Å²) in [6, 6.07) is 5.88. The van der Waals surface area contributed by atoms with Gasteiger partial charge in [0.05, 0.1) is 19.1 Å². The van der Waals surface area contributed by atoms with E-state index in [4.69, 9.17) is 4.74 Å². The molecule has 1 fully saturated rings. The number of carbonyl (C=O) groups excluding carboxylic acids is 1. The maximum atomic E-state index is 12.9. The number of ether oxygens (including phenoxy) is 1. The van der Waals surface area contributed by atoms with Gasteiger partial charge in [0, 0.05) is 26.2 Å². The molecule has 0 radical (unpaired) electrons. The van der Waals surface area contributed by atoms with Gasteiger partial charge in [-0.25, -0.2) is 8.42 Å². The first-order valence-electron chi connectivity index (χ1n) is 8.42. The van der Waals surface area contributed by atoms with Crippen LogP contribution in [0.25, 0.3) is 0 Å². The molecule has 0 N–H and O–H groups in total. The van der Waals surface area contributed by atoms with Crippen molar-refractivity contribution in [3.63, 3.8) is 0 Å². The van der Waals surface area contributed by atoms with E-state index in [2.05, 4.69) is 11.8 Å². The summed E-state index contributed by atoms with van der Waals surface area (Å²) in [7, 11) is -2.05. The summed E-state index contributed by atoms with van der Waals surface area (Å²) in [4.78, 5) is 16.9. The van der Waals surface area contributed by atoms with Gasteiger partial charge in [0.1, 0.15) is 11.8 Å². The Bertz CT molecular complexity index is 682. The monoisotopic (exact) mass is 369 g/mol. The minimum absolute atomic E-state index is 0.169. The smallest absolute Gasteiger partial charge is 0.246 e. The summed E-state index contributed by atoms with van der Waals surface area (Å²) in [5.41, 5.74) is 0.455. The van der Waals surface area contributed by atoms with Crippen molar-refractivity contribution in [2.45, 2.75) is 19.9 Å². The number of carbonyl (C=O) groups is 1. The number of piperazine rings is 1. The van der Waals surface area contributed by atoms with E-state index < -0.39 is 16.1 Å². The molecule has 2 rings (SSSR count). The summed E-state index contributed by atoms with van der Waals surface area (Å²) in [6.45, 7) is 7.56. The lowest BCUT2D eigenvalue weighted by Crippen LogP contribution is -2.55. The van der Waals surface area contributed by atoms with Gasteiger partial charge < -0.3 is 14.5 Å². The van der Waals surface area contributed by atoms with E-state index >= 15 is 0 Å². The summed E-state index contributed by atoms with van der Waals surface area (Å²) >= 11 is 0. The molecule has 1 atom stereocenters. The van der Waals surface area contributed by atoms with E-state index in [1.807, 2.05) is 0 Å². The zero-order valence-corrected chi connectivity index (χ0v) is 16.1. The molecule has 140 valence electrons. The Kier molecular flexibility index (Phi) is 6.29. The van der Waals surface area contributed by atoms with Crippen LogP contribution in [-0.2, 0) is 14.8 Å². The van der Waals surface area contributed by atoms with Crippen molar-refractivity contribution < 1.29 is 17.9 Å². The van der Waals surface area contributed by atoms with E-state index in [-0.39, 0.29) is 5.91 Å². The standard InChI is InChI=1S/C17H27N3O4S/c1-5-18-10-12-19(13-11-18)17(21)14(2)20(25(4,22)23)15-6-8-16(24-3)9-7-15/h6-9,14H,5,10-13H2,1-4H3. The first kappa shape index (κ1) is 19.5. The molecule has 7 nitrogen and oxygen atoms in total. The number of rotatable bonds is 6. The molecule has 25 heavy (non-hydrogen) atoms. The van der Waals surface area contributed by atoms with Crippen molar-refractivity contribution in [3.05, 3.63) is 24.3 Å². The largest absolute Gasteiger partial charge is 0.497 e. The van der Waals surface area contributed by atoms with Gasteiger partial charge in [-0.05, 0) is 37.7 Å².